The van der Waals surface area contributed by atoms with Crippen LogP contribution in [-0.2, 0) is 42.8 Å². The molecule has 5 heteroatoms. The minimum Gasteiger partial charge on any atom is -0.358 e. The van der Waals surface area contributed by atoms with Crippen LogP contribution in [0.15, 0.2) is 0 Å². The van der Waals surface area contributed by atoms with Crippen molar-refractivity contribution in [2.24, 2.45) is 0 Å². The van der Waals surface area contributed by atoms with E-state index < -0.39 is 15.4 Å². The first-order valence-electron chi connectivity index (χ1n) is 1.91. The second-order valence-electron chi connectivity index (χ2n) is 1.56. The third-order valence-corrected chi connectivity index (χ3v) is 1.79. The van der Waals surface area contributed by atoms with Gasteiger partial charge >= 0.3 is 0 Å². The molecule has 0 aromatic carbocycles. The van der Waals surface area contributed by atoms with Crippen LogP contribution in [0.2, 0.25) is 0 Å². The van der Waals surface area contributed by atoms with E-state index in [1.165, 1.54) is 13.8 Å². The van der Waals surface area contributed by atoms with E-state index in [-0.39, 0.29) is 40.1 Å². The van der Waals surface area contributed by atoms with Crippen LogP contribution >= 0.6 is 0 Å². The Labute approximate surface area is 81.9 Å². The molecule has 0 rings (SSSR count). The third kappa shape index (κ3) is 9.01. The molecule has 0 aliphatic heterocycles. The van der Waals surface area contributed by atoms with Crippen molar-refractivity contribution >= 4 is 10.1 Å². The molecule has 1 radical (unpaired) electrons. The fourth-order valence-corrected chi connectivity index (χ4v) is 0. The molecule has 55 valence electrons. The van der Waals surface area contributed by atoms with E-state index in [2.05, 4.69) is 0 Å². The Kier molecular flexibility index (Phi) is 10.6. The third-order valence-electron chi connectivity index (χ3n) is 0.596. The average molecular weight is 228 g/mol. The van der Waals surface area contributed by atoms with E-state index in [1.807, 2.05) is 0 Å². The summed E-state index contributed by atoms with van der Waals surface area (Å²) in [5, 5.41) is -0.674. The summed E-state index contributed by atoms with van der Waals surface area (Å²) >= 11 is 0. The molecule has 0 heterocycles. The van der Waals surface area contributed by atoms with Crippen LogP contribution in [0.4, 0.5) is 0 Å². The minimum absolute atomic E-state index is 0. The van der Waals surface area contributed by atoms with Gasteiger partial charge in [-0.05, 0) is 13.8 Å². The molecule has 0 saturated carbocycles. The van der Waals surface area contributed by atoms with Gasteiger partial charge in [-0.25, -0.2) is 0 Å². The summed E-state index contributed by atoms with van der Waals surface area (Å²) in [4.78, 5) is 0. The molecule has 0 fully saturated rings. The Morgan fingerprint density at radius 3 is 1.44 bits per heavy atom. The molecule has 0 saturated heterocycles. The topological polar surface area (TPSA) is 54.4 Å². The second-order valence-corrected chi connectivity index (χ2v) is 3.54. The van der Waals surface area contributed by atoms with Crippen molar-refractivity contribution in [3.05, 3.63) is 7.43 Å². The summed E-state index contributed by atoms with van der Waals surface area (Å²) in [5.41, 5.74) is 0. The Balaban J connectivity index is -0.000000180. The summed E-state index contributed by atoms with van der Waals surface area (Å²) in [6.07, 6.45) is 0. The number of rotatable bonds is 1. The first-order chi connectivity index (χ1) is 2.94. The first kappa shape index (κ1) is 16.5. The fourth-order valence-electron chi connectivity index (χ4n) is 0. The van der Waals surface area contributed by atoms with Crippen molar-refractivity contribution in [1.29, 1.82) is 0 Å². The molecule has 0 unspecified atom stereocenters. The Bertz CT molecular complexity index is 138. The van der Waals surface area contributed by atoms with E-state index in [1.54, 1.807) is 0 Å². The van der Waals surface area contributed by atoms with Gasteiger partial charge in [0.15, 0.2) is 0 Å². The van der Waals surface area contributed by atoms with Gasteiger partial charge < -0.3 is 7.43 Å². The fraction of sp³-hybridized carbons (Fsp3) is 0.750. The molecule has 1 N–H and O–H groups in total. The molecular formula is C4H11O3SY-. The van der Waals surface area contributed by atoms with Crippen molar-refractivity contribution in [2.45, 2.75) is 19.1 Å². The summed E-state index contributed by atoms with van der Waals surface area (Å²) in [6, 6.07) is 0. The summed E-state index contributed by atoms with van der Waals surface area (Å²) in [5.74, 6) is 0. The standard InChI is InChI=1S/C3H8O3S.CH3.Y/c1-3(2)7(4,5)6;;/h3H,1-2H3,(H,4,5,6);1H3;/q;-1;. The summed E-state index contributed by atoms with van der Waals surface area (Å²) in [6.45, 7) is 2.82. The monoisotopic (exact) mass is 228 g/mol. The van der Waals surface area contributed by atoms with Crippen molar-refractivity contribution in [3.63, 3.8) is 0 Å². The van der Waals surface area contributed by atoms with Crippen molar-refractivity contribution < 1.29 is 45.7 Å². The second kappa shape index (κ2) is 5.77. The van der Waals surface area contributed by atoms with E-state index in [9.17, 15) is 8.42 Å². The maximum absolute atomic E-state index is 9.89. The molecular weight excluding hydrogens is 217 g/mol. The molecule has 0 bridgehead atoms. The van der Waals surface area contributed by atoms with Gasteiger partial charge in [-0.1, -0.05) is 0 Å². The molecule has 0 aliphatic rings. The van der Waals surface area contributed by atoms with Crippen molar-refractivity contribution in [3.8, 4) is 0 Å². The van der Waals surface area contributed by atoms with Gasteiger partial charge in [0.2, 0.25) is 0 Å². The molecule has 0 spiro atoms. The maximum Gasteiger partial charge on any atom is 0.267 e. The van der Waals surface area contributed by atoms with Gasteiger partial charge in [0.25, 0.3) is 10.1 Å². The number of hydrogen-bond acceptors (Lipinski definition) is 2. The molecule has 0 aromatic heterocycles. The Hall–Kier alpha value is 1.01. The zero-order valence-corrected chi connectivity index (χ0v) is 9.48. The quantitative estimate of drug-likeness (QED) is 0.531. The van der Waals surface area contributed by atoms with Crippen LogP contribution in [0.1, 0.15) is 13.8 Å². The van der Waals surface area contributed by atoms with Gasteiger partial charge in [0, 0.05) is 32.7 Å². The van der Waals surface area contributed by atoms with E-state index >= 15 is 0 Å². The van der Waals surface area contributed by atoms with Crippen LogP contribution in [0.25, 0.3) is 0 Å². The Morgan fingerprint density at radius 1 is 1.33 bits per heavy atom. The normalized spacial score (nSPS) is 9.78. The predicted octanol–water partition coefficient (Wildman–Crippen LogP) is 0.730. The van der Waals surface area contributed by atoms with Crippen molar-refractivity contribution in [1.82, 2.24) is 0 Å². The molecule has 0 aromatic rings. The van der Waals surface area contributed by atoms with Gasteiger partial charge in [0.05, 0.1) is 5.25 Å². The zero-order chi connectivity index (χ0) is 6.08. The van der Waals surface area contributed by atoms with Crippen LogP contribution < -0.4 is 0 Å². The van der Waals surface area contributed by atoms with E-state index in [0.29, 0.717) is 0 Å². The molecule has 0 aliphatic carbocycles. The average Bonchev–Trinajstić information content (AvgIpc) is 1.31. The largest absolute Gasteiger partial charge is 0.358 e. The molecule has 9 heavy (non-hydrogen) atoms. The molecule has 0 atom stereocenters. The predicted molar refractivity (Wildman–Crippen MR) is 33.1 cm³/mol. The Morgan fingerprint density at radius 2 is 1.44 bits per heavy atom. The maximum atomic E-state index is 9.89. The van der Waals surface area contributed by atoms with Crippen LogP contribution in [-0.4, -0.2) is 18.2 Å². The van der Waals surface area contributed by atoms with Crippen LogP contribution in [0.3, 0.4) is 0 Å². The molecule has 0 amide bonds. The SMILES string of the molecule is CC(C)S(=O)(=O)O.[CH3-].[Y]. The van der Waals surface area contributed by atoms with Crippen LogP contribution in [0.5, 0.6) is 0 Å². The van der Waals surface area contributed by atoms with E-state index in [4.69, 9.17) is 4.55 Å². The first-order valence-corrected chi connectivity index (χ1v) is 3.41. The summed E-state index contributed by atoms with van der Waals surface area (Å²) < 4.78 is 27.8. The van der Waals surface area contributed by atoms with Gasteiger partial charge in [-0.3, -0.25) is 4.55 Å². The van der Waals surface area contributed by atoms with Gasteiger partial charge in [0.1, 0.15) is 0 Å². The van der Waals surface area contributed by atoms with E-state index in [0.717, 1.165) is 0 Å². The van der Waals surface area contributed by atoms with Crippen molar-refractivity contribution in [2.75, 3.05) is 0 Å². The number of hydrogen-bond donors (Lipinski definition) is 1. The minimum atomic E-state index is -3.74. The van der Waals surface area contributed by atoms with Gasteiger partial charge in [-0.15, -0.1) is 0 Å². The zero-order valence-electron chi connectivity index (χ0n) is 5.83. The van der Waals surface area contributed by atoms with Gasteiger partial charge in [-0.2, -0.15) is 8.42 Å². The summed E-state index contributed by atoms with van der Waals surface area (Å²) in [7, 11) is -3.74. The molecule has 3 nitrogen and oxygen atoms in total. The smallest absolute Gasteiger partial charge is 0.267 e. The van der Waals surface area contributed by atoms with Crippen LogP contribution in [0, 0.1) is 7.43 Å².